The topological polar surface area (TPSA) is 18.5 Å². The summed E-state index contributed by atoms with van der Waals surface area (Å²) in [4.78, 5) is 0. The number of hydrogen-bond donors (Lipinski definition) is 0. The molecule has 1 saturated heterocycles. The van der Waals surface area contributed by atoms with Gasteiger partial charge in [-0.05, 0) is 74.5 Å². The number of rotatable bonds is 5. The molecule has 1 heterocycles. The van der Waals surface area contributed by atoms with Crippen molar-refractivity contribution in [1.29, 1.82) is 0 Å². The van der Waals surface area contributed by atoms with Crippen LogP contribution in [0.1, 0.15) is 69.8 Å². The zero-order valence-electron chi connectivity index (χ0n) is 15.0. The van der Waals surface area contributed by atoms with E-state index in [2.05, 4.69) is 11.7 Å². The Bertz CT molecular complexity index is 594. The van der Waals surface area contributed by atoms with Gasteiger partial charge in [0.2, 0.25) is 0 Å². The van der Waals surface area contributed by atoms with E-state index in [0.29, 0.717) is 18.1 Å². The van der Waals surface area contributed by atoms with Gasteiger partial charge in [0.05, 0.1) is 12.2 Å². The van der Waals surface area contributed by atoms with Gasteiger partial charge in [-0.3, -0.25) is 0 Å². The Hall–Kier alpha value is -1.30. The highest BCUT2D eigenvalue weighted by atomic mass is 19.4. The first kappa shape index (κ1) is 19.5. The molecule has 0 amide bonds. The smallest absolute Gasteiger partial charge is 0.403 e. The van der Waals surface area contributed by atoms with Crippen LogP contribution in [0.5, 0.6) is 5.75 Å². The summed E-state index contributed by atoms with van der Waals surface area (Å²) in [5.41, 5.74) is 0.756. The molecule has 2 atom stereocenters. The standard InChI is InChI=1S/C20H26F4O2/c1-2-3-16-9-11-18(25-16)14-6-4-13(5-7-14)15-8-10-19(17(21)12-15)26-20(22,23)24/h8,10,12-14,16,18H,2-7,9,11H2,1H3. The van der Waals surface area contributed by atoms with Crippen LogP contribution >= 0.6 is 0 Å². The van der Waals surface area contributed by atoms with E-state index in [4.69, 9.17) is 4.74 Å². The first-order chi connectivity index (χ1) is 12.4. The molecule has 2 fully saturated rings. The molecule has 0 spiro atoms. The first-order valence-corrected chi connectivity index (χ1v) is 9.56. The third-order valence-corrected chi connectivity index (χ3v) is 5.70. The monoisotopic (exact) mass is 374 g/mol. The van der Waals surface area contributed by atoms with Crippen molar-refractivity contribution >= 4 is 0 Å². The van der Waals surface area contributed by atoms with Gasteiger partial charge in [0.25, 0.3) is 0 Å². The second-order valence-corrected chi connectivity index (χ2v) is 7.51. The zero-order chi connectivity index (χ0) is 18.7. The molecule has 0 aromatic heterocycles. The van der Waals surface area contributed by atoms with Gasteiger partial charge in [-0.25, -0.2) is 4.39 Å². The fourth-order valence-electron chi connectivity index (χ4n) is 4.42. The maximum atomic E-state index is 13.9. The zero-order valence-corrected chi connectivity index (χ0v) is 15.0. The van der Waals surface area contributed by atoms with Gasteiger partial charge in [-0.2, -0.15) is 0 Å². The summed E-state index contributed by atoms with van der Waals surface area (Å²) in [5, 5.41) is 0. The van der Waals surface area contributed by atoms with E-state index in [9.17, 15) is 17.6 Å². The molecule has 1 saturated carbocycles. The largest absolute Gasteiger partial charge is 0.573 e. The highest BCUT2D eigenvalue weighted by Gasteiger charge is 2.35. The van der Waals surface area contributed by atoms with Gasteiger partial charge in [0.1, 0.15) is 0 Å². The lowest BCUT2D eigenvalue weighted by molar-refractivity contribution is -0.275. The highest BCUT2D eigenvalue weighted by Crippen LogP contribution is 2.42. The molecule has 1 aliphatic carbocycles. The molecular weight excluding hydrogens is 348 g/mol. The maximum absolute atomic E-state index is 13.9. The Morgan fingerprint density at radius 3 is 2.42 bits per heavy atom. The van der Waals surface area contributed by atoms with Crippen molar-refractivity contribution in [2.24, 2.45) is 5.92 Å². The second kappa shape index (κ2) is 8.15. The van der Waals surface area contributed by atoms with Crippen LogP contribution in [0, 0.1) is 11.7 Å². The van der Waals surface area contributed by atoms with E-state index < -0.39 is 17.9 Å². The third kappa shape index (κ3) is 4.90. The van der Waals surface area contributed by atoms with Crippen molar-refractivity contribution in [2.75, 3.05) is 0 Å². The molecule has 2 aliphatic rings. The van der Waals surface area contributed by atoms with E-state index in [0.717, 1.165) is 63.0 Å². The Labute approximate surface area is 151 Å². The lowest BCUT2D eigenvalue weighted by atomic mass is 9.76. The second-order valence-electron chi connectivity index (χ2n) is 7.51. The number of ether oxygens (including phenoxy) is 2. The van der Waals surface area contributed by atoms with Gasteiger partial charge in [0.15, 0.2) is 11.6 Å². The minimum Gasteiger partial charge on any atom is -0.403 e. The average Bonchev–Trinajstić information content (AvgIpc) is 3.05. The van der Waals surface area contributed by atoms with Gasteiger partial charge in [-0.1, -0.05) is 19.4 Å². The first-order valence-electron chi connectivity index (χ1n) is 9.56. The van der Waals surface area contributed by atoms with E-state index in [1.165, 1.54) is 6.07 Å². The Morgan fingerprint density at radius 1 is 1.08 bits per heavy atom. The molecule has 26 heavy (non-hydrogen) atoms. The predicted molar refractivity (Wildman–Crippen MR) is 90.6 cm³/mol. The van der Waals surface area contributed by atoms with Gasteiger partial charge >= 0.3 is 6.36 Å². The van der Waals surface area contributed by atoms with Crippen LogP contribution in [0.15, 0.2) is 18.2 Å². The molecule has 2 nitrogen and oxygen atoms in total. The summed E-state index contributed by atoms with van der Waals surface area (Å²) < 4.78 is 60.5. The summed E-state index contributed by atoms with van der Waals surface area (Å²) in [6.07, 6.45) is 4.28. The quantitative estimate of drug-likeness (QED) is 0.560. The highest BCUT2D eigenvalue weighted by molar-refractivity contribution is 5.31. The molecule has 146 valence electrons. The third-order valence-electron chi connectivity index (χ3n) is 5.70. The number of alkyl halides is 3. The van der Waals surface area contributed by atoms with Gasteiger partial charge < -0.3 is 9.47 Å². The predicted octanol–water partition coefficient (Wildman–Crippen LogP) is 6.35. The van der Waals surface area contributed by atoms with Crippen molar-refractivity contribution in [3.63, 3.8) is 0 Å². The van der Waals surface area contributed by atoms with E-state index in [-0.39, 0.29) is 5.92 Å². The summed E-state index contributed by atoms with van der Waals surface area (Å²) in [6, 6.07) is 3.83. The Balaban J connectivity index is 1.54. The van der Waals surface area contributed by atoms with Crippen molar-refractivity contribution in [2.45, 2.75) is 82.8 Å². The lowest BCUT2D eigenvalue weighted by Crippen LogP contribution is -2.25. The van der Waals surface area contributed by atoms with E-state index in [1.54, 1.807) is 6.07 Å². The molecule has 6 heteroatoms. The van der Waals surface area contributed by atoms with Crippen molar-refractivity contribution < 1.29 is 27.0 Å². The van der Waals surface area contributed by atoms with E-state index >= 15 is 0 Å². The van der Waals surface area contributed by atoms with Crippen LogP contribution in [0.25, 0.3) is 0 Å². The van der Waals surface area contributed by atoms with Crippen LogP contribution in [-0.4, -0.2) is 18.6 Å². The number of halogens is 4. The minimum absolute atomic E-state index is 0.188. The molecule has 1 aromatic carbocycles. The summed E-state index contributed by atoms with van der Waals surface area (Å²) >= 11 is 0. The summed E-state index contributed by atoms with van der Waals surface area (Å²) in [6.45, 7) is 2.17. The van der Waals surface area contributed by atoms with Crippen LogP contribution in [-0.2, 0) is 4.74 Å². The van der Waals surface area contributed by atoms with Gasteiger partial charge in [0, 0.05) is 0 Å². The molecule has 1 aliphatic heterocycles. The number of benzene rings is 1. The SMILES string of the molecule is CCCC1CCC(C2CCC(c3ccc(OC(F)(F)F)c(F)c3)CC2)O1. The lowest BCUT2D eigenvalue weighted by Gasteiger charge is -2.32. The molecule has 3 rings (SSSR count). The fourth-order valence-corrected chi connectivity index (χ4v) is 4.42. The van der Waals surface area contributed by atoms with Crippen LogP contribution in [0.3, 0.4) is 0 Å². The van der Waals surface area contributed by atoms with Crippen molar-refractivity contribution in [1.82, 2.24) is 0 Å². The molecule has 0 bridgehead atoms. The number of hydrogen-bond acceptors (Lipinski definition) is 2. The molecule has 1 aromatic rings. The van der Waals surface area contributed by atoms with Gasteiger partial charge in [-0.15, -0.1) is 13.2 Å². The normalized spacial score (nSPS) is 29.7. The fraction of sp³-hybridized carbons (Fsp3) is 0.700. The molecule has 0 radical (unpaired) electrons. The van der Waals surface area contributed by atoms with Crippen molar-refractivity contribution in [3.8, 4) is 5.75 Å². The Kier molecular flexibility index (Phi) is 6.10. The minimum atomic E-state index is -4.88. The molecular formula is C20H26F4O2. The summed E-state index contributed by atoms with van der Waals surface area (Å²) in [7, 11) is 0. The molecule has 2 unspecified atom stereocenters. The van der Waals surface area contributed by atoms with Crippen molar-refractivity contribution in [3.05, 3.63) is 29.6 Å². The van der Waals surface area contributed by atoms with Crippen LogP contribution in [0.4, 0.5) is 17.6 Å². The summed E-state index contributed by atoms with van der Waals surface area (Å²) in [5.74, 6) is -0.987. The Morgan fingerprint density at radius 2 is 1.81 bits per heavy atom. The van der Waals surface area contributed by atoms with Crippen LogP contribution in [0.2, 0.25) is 0 Å². The molecule has 0 N–H and O–H groups in total. The average molecular weight is 374 g/mol. The van der Waals surface area contributed by atoms with Crippen LogP contribution < -0.4 is 4.74 Å². The van der Waals surface area contributed by atoms with E-state index in [1.807, 2.05) is 0 Å². The maximum Gasteiger partial charge on any atom is 0.573 e.